The number of piperidine rings is 1. The highest BCUT2D eigenvalue weighted by Gasteiger charge is 2.41. The predicted molar refractivity (Wildman–Crippen MR) is 111 cm³/mol. The lowest BCUT2D eigenvalue weighted by atomic mass is 9.71. The summed E-state index contributed by atoms with van der Waals surface area (Å²) in [6, 6.07) is 11.8. The fourth-order valence-electron chi connectivity index (χ4n) is 3.85. The van der Waals surface area contributed by atoms with Gasteiger partial charge in [-0.05, 0) is 67.7 Å². The number of halogens is 3. The average molecular weight is 409 g/mol. The van der Waals surface area contributed by atoms with E-state index in [4.69, 9.17) is 39.8 Å². The van der Waals surface area contributed by atoms with Crippen LogP contribution in [0.1, 0.15) is 24.0 Å². The summed E-state index contributed by atoms with van der Waals surface area (Å²) in [6.45, 7) is 2.63. The molecule has 4 rings (SSSR count). The van der Waals surface area contributed by atoms with E-state index in [-0.39, 0.29) is 5.41 Å². The van der Waals surface area contributed by atoms with Crippen molar-refractivity contribution in [2.45, 2.75) is 25.8 Å². The number of fused-ring (bicyclic) bond motifs is 1. The van der Waals surface area contributed by atoms with Crippen LogP contribution < -0.4 is 10.6 Å². The van der Waals surface area contributed by atoms with Gasteiger partial charge in [-0.15, -0.1) is 0 Å². The van der Waals surface area contributed by atoms with Crippen molar-refractivity contribution in [1.82, 2.24) is 5.32 Å². The van der Waals surface area contributed by atoms with Crippen LogP contribution in [0.2, 0.25) is 15.1 Å². The van der Waals surface area contributed by atoms with Crippen molar-refractivity contribution in [2.24, 2.45) is 10.4 Å². The molecule has 2 aliphatic rings. The van der Waals surface area contributed by atoms with E-state index in [9.17, 15) is 0 Å². The van der Waals surface area contributed by atoms with Crippen molar-refractivity contribution in [1.29, 1.82) is 0 Å². The fourth-order valence-corrected chi connectivity index (χ4v) is 4.32. The highest BCUT2D eigenvalue weighted by Crippen LogP contribution is 2.43. The van der Waals surface area contributed by atoms with Crippen LogP contribution in [0, 0.1) is 5.41 Å². The van der Waals surface area contributed by atoms with Crippen LogP contribution in [0.25, 0.3) is 0 Å². The summed E-state index contributed by atoms with van der Waals surface area (Å²) >= 11 is 18.5. The number of anilines is 1. The summed E-state index contributed by atoms with van der Waals surface area (Å²) < 4.78 is 0. The summed E-state index contributed by atoms with van der Waals surface area (Å²) in [6.07, 6.45) is 3.05. The molecule has 0 atom stereocenters. The monoisotopic (exact) mass is 407 g/mol. The molecular weight excluding hydrogens is 389 g/mol. The Kier molecular flexibility index (Phi) is 5.15. The number of nitrogens with zero attached hydrogens (tertiary/aromatic N) is 1. The zero-order valence-electron chi connectivity index (χ0n) is 14.3. The minimum Gasteiger partial charge on any atom is -0.343 e. The van der Waals surface area contributed by atoms with E-state index >= 15 is 0 Å². The topological polar surface area (TPSA) is 36.4 Å². The Balaban J connectivity index is 1.68. The van der Waals surface area contributed by atoms with Gasteiger partial charge >= 0.3 is 0 Å². The number of benzene rings is 2. The summed E-state index contributed by atoms with van der Waals surface area (Å²) in [4.78, 5) is 4.97. The number of hydrogen-bond acceptors (Lipinski definition) is 2. The van der Waals surface area contributed by atoms with Gasteiger partial charge in [-0.1, -0.05) is 46.9 Å². The van der Waals surface area contributed by atoms with Crippen LogP contribution in [-0.4, -0.2) is 18.9 Å². The van der Waals surface area contributed by atoms with E-state index in [1.54, 1.807) is 0 Å². The lowest BCUT2D eigenvalue weighted by molar-refractivity contribution is 0.293. The van der Waals surface area contributed by atoms with Crippen molar-refractivity contribution < 1.29 is 0 Å². The predicted octanol–water partition coefficient (Wildman–Crippen LogP) is 5.58. The van der Waals surface area contributed by atoms with Gasteiger partial charge in [-0.25, -0.2) is 0 Å². The van der Waals surface area contributed by atoms with E-state index in [1.807, 2.05) is 36.4 Å². The van der Waals surface area contributed by atoms with Crippen molar-refractivity contribution >= 4 is 46.3 Å². The summed E-state index contributed by atoms with van der Waals surface area (Å²) in [5, 5.41) is 8.94. The highest BCUT2D eigenvalue weighted by molar-refractivity contribution is 6.42. The van der Waals surface area contributed by atoms with Crippen molar-refractivity contribution in [3.05, 3.63) is 62.6 Å². The average Bonchev–Trinajstić information content (AvgIpc) is 2.64. The molecule has 0 aromatic heterocycles. The first-order chi connectivity index (χ1) is 12.6. The van der Waals surface area contributed by atoms with E-state index in [1.165, 1.54) is 5.56 Å². The molecule has 2 aliphatic heterocycles. The van der Waals surface area contributed by atoms with E-state index < -0.39 is 0 Å². The maximum Gasteiger partial charge on any atom is 0.108 e. The van der Waals surface area contributed by atoms with Gasteiger partial charge in [0, 0.05) is 16.1 Å². The maximum atomic E-state index is 6.25. The first kappa shape index (κ1) is 18.1. The Morgan fingerprint density at radius 3 is 2.38 bits per heavy atom. The quantitative estimate of drug-likeness (QED) is 0.680. The minimum atomic E-state index is 0.0296. The van der Waals surface area contributed by atoms with Gasteiger partial charge < -0.3 is 10.6 Å². The molecule has 2 heterocycles. The zero-order chi connectivity index (χ0) is 18.1. The zero-order valence-corrected chi connectivity index (χ0v) is 16.6. The van der Waals surface area contributed by atoms with Crippen LogP contribution >= 0.6 is 34.8 Å². The third-order valence-electron chi connectivity index (χ3n) is 5.32. The SMILES string of the molecule is Clc1ccc(CN=C2Nc3cc(Cl)c(Cl)cc3CC23CCNCC3)cc1. The molecule has 0 bridgehead atoms. The maximum absolute atomic E-state index is 6.25. The van der Waals surface area contributed by atoms with Gasteiger partial charge in [0.15, 0.2) is 0 Å². The molecule has 0 unspecified atom stereocenters. The Labute approximate surface area is 168 Å². The molecule has 1 saturated heterocycles. The van der Waals surface area contributed by atoms with Crippen LogP contribution in [-0.2, 0) is 13.0 Å². The second kappa shape index (κ2) is 7.40. The molecule has 1 fully saturated rings. The number of hydrogen-bond donors (Lipinski definition) is 2. The van der Waals surface area contributed by atoms with Crippen LogP contribution in [0.3, 0.4) is 0 Å². The second-order valence-corrected chi connectivity index (χ2v) is 8.30. The van der Waals surface area contributed by atoms with Crippen LogP contribution in [0.15, 0.2) is 41.4 Å². The van der Waals surface area contributed by atoms with Crippen LogP contribution in [0.5, 0.6) is 0 Å². The lowest BCUT2D eigenvalue weighted by Crippen LogP contribution is -2.48. The fraction of sp³-hybridized carbons (Fsp3) is 0.350. The van der Waals surface area contributed by atoms with Gasteiger partial charge in [0.05, 0.1) is 16.6 Å². The Bertz CT molecular complexity index is 840. The van der Waals surface area contributed by atoms with Gasteiger partial charge in [-0.3, -0.25) is 4.99 Å². The Morgan fingerprint density at radius 1 is 0.962 bits per heavy atom. The summed E-state index contributed by atoms with van der Waals surface area (Å²) in [7, 11) is 0. The third kappa shape index (κ3) is 3.59. The standard InChI is InChI=1S/C20H20Cl3N3/c21-15-3-1-13(2-4-15)12-25-19-20(5-7-24-8-6-20)11-14-9-16(22)17(23)10-18(14)26-19/h1-4,9-10,24H,5-8,11-12H2,(H,25,26). The first-order valence-electron chi connectivity index (χ1n) is 8.81. The van der Waals surface area contributed by atoms with Gasteiger partial charge in [0.1, 0.15) is 5.84 Å². The molecule has 3 nitrogen and oxygen atoms in total. The van der Waals surface area contributed by atoms with Gasteiger partial charge in [-0.2, -0.15) is 0 Å². The Morgan fingerprint density at radius 2 is 1.65 bits per heavy atom. The molecule has 0 saturated carbocycles. The van der Waals surface area contributed by atoms with Crippen LogP contribution in [0.4, 0.5) is 5.69 Å². The normalized spacial score (nSPS) is 20.0. The lowest BCUT2D eigenvalue weighted by Gasteiger charge is -2.43. The molecular formula is C20H20Cl3N3. The van der Waals surface area contributed by atoms with E-state index in [0.717, 1.165) is 54.5 Å². The molecule has 1 spiro atoms. The second-order valence-electron chi connectivity index (χ2n) is 7.05. The largest absolute Gasteiger partial charge is 0.343 e. The first-order valence-corrected chi connectivity index (χ1v) is 9.94. The van der Waals surface area contributed by atoms with Gasteiger partial charge in [0.25, 0.3) is 0 Å². The van der Waals surface area contributed by atoms with E-state index in [0.29, 0.717) is 16.6 Å². The molecule has 2 aromatic carbocycles. The molecule has 6 heteroatoms. The molecule has 0 amide bonds. The summed E-state index contributed by atoms with van der Waals surface area (Å²) in [5.41, 5.74) is 3.40. The van der Waals surface area contributed by atoms with Crippen molar-refractivity contribution in [3.63, 3.8) is 0 Å². The van der Waals surface area contributed by atoms with E-state index in [2.05, 4.69) is 10.6 Å². The van der Waals surface area contributed by atoms with Crippen molar-refractivity contribution in [2.75, 3.05) is 18.4 Å². The molecule has 0 radical (unpaired) electrons. The smallest absolute Gasteiger partial charge is 0.108 e. The number of rotatable bonds is 2. The van der Waals surface area contributed by atoms with Gasteiger partial charge in [0.2, 0.25) is 0 Å². The van der Waals surface area contributed by atoms with Crippen molar-refractivity contribution in [3.8, 4) is 0 Å². The molecule has 2 aromatic rings. The molecule has 2 N–H and O–H groups in total. The minimum absolute atomic E-state index is 0.0296. The number of aliphatic imine (C=N–C) groups is 1. The highest BCUT2D eigenvalue weighted by atomic mass is 35.5. The molecule has 136 valence electrons. The number of nitrogens with one attached hydrogen (secondary N) is 2. The molecule has 26 heavy (non-hydrogen) atoms. The third-order valence-corrected chi connectivity index (χ3v) is 6.30. The number of amidine groups is 1. The summed E-state index contributed by atoms with van der Waals surface area (Å²) in [5.74, 6) is 1.06. The Hall–Kier alpha value is -1.26. The molecule has 0 aliphatic carbocycles.